The molecule has 1 aliphatic heterocycles. The lowest BCUT2D eigenvalue weighted by atomic mass is 10.1. The van der Waals surface area contributed by atoms with Crippen LogP contribution in [0.3, 0.4) is 0 Å². The number of halogens is 1. The van der Waals surface area contributed by atoms with Gasteiger partial charge in [0.25, 0.3) is 5.56 Å². The summed E-state index contributed by atoms with van der Waals surface area (Å²) in [7, 11) is 0. The normalized spacial score (nSPS) is 15.9. The van der Waals surface area contributed by atoms with Gasteiger partial charge < -0.3 is 4.74 Å². The third-order valence-corrected chi connectivity index (χ3v) is 6.35. The number of H-pyrrole nitrogens is 1. The lowest BCUT2D eigenvalue weighted by molar-refractivity contribution is 0.306. The van der Waals surface area contributed by atoms with Crippen molar-refractivity contribution in [1.82, 2.24) is 9.78 Å². The second-order valence-electron chi connectivity index (χ2n) is 7.22. The van der Waals surface area contributed by atoms with E-state index in [1.165, 1.54) is 0 Å². The number of aromatic amines is 1. The van der Waals surface area contributed by atoms with E-state index in [1.807, 2.05) is 74.0 Å². The van der Waals surface area contributed by atoms with Gasteiger partial charge in [0.15, 0.2) is 5.82 Å². The molecular weight excluding hydrogens is 406 g/mol. The van der Waals surface area contributed by atoms with Gasteiger partial charge in [0.1, 0.15) is 12.4 Å². The van der Waals surface area contributed by atoms with Gasteiger partial charge in [-0.25, -0.2) is 4.99 Å². The van der Waals surface area contributed by atoms with E-state index in [2.05, 4.69) is 10.1 Å². The number of nitrogens with one attached hydrogen (secondary N) is 1. The Morgan fingerprint density at radius 2 is 1.93 bits per heavy atom. The summed E-state index contributed by atoms with van der Waals surface area (Å²) in [6.45, 7) is 6.44. The first-order valence-electron chi connectivity index (χ1n) is 9.46. The first-order valence-corrected chi connectivity index (χ1v) is 10.7. The summed E-state index contributed by atoms with van der Waals surface area (Å²) in [6.07, 6.45) is 0. The fourth-order valence-corrected chi connectivity index (χ4v) is 4.63. The summed E-state index contributed by atoms with van der Waals surface area (Å²) in [5, 5.41) is 4.47. The van der Waals surface area contributed by atoms with Crippen LogP contribution >= 0.6 is 23.4 Å². The molecule has 4 rings (SSSR count). The largest absolute Gasteiger partial charge is 0.489 e. The number of aliphatic imine (C=N–C) groups is 1. The van der Waals surface area contributed by atoms with Crippen LogP contribution in [0.25, 0.3) is 0 Å². The van der Waals surface area contributed by atoms with Gasteiger partial charge >= 0.3 is 0 Å². The van der Waals surface area contributed by atoms with Gasteiger partial charge in [-0.2, -0.15) is 0 Å². The molecule has 29 heavy (non-hydrogen) atoms. The first-order chi connectivity index (χ1) is 13.9. The predicted octanol–water partition coefficient (Wildman–Crippen LogP) is 5.88. The van der Waals surface area contributed by atoms with Gasteiger partial charge in [-0.15, -0.1) is 0 Å². The Hall–Kier alpha value is -2.44. The average molecular weight is 428 g/mol. The van der Waals surface area contributed by atoms with Crippen molar-refractivity contribution >= 4 is 34.2 Å². The van der Waals surface area contributed by atoms with E-state index in [0.717, 1.165) is 27.7 Å². The van der Waals surface area contributed by atoms with Crippen LogP contribution in [0.1, 0.15) is 48.8 Å². The molecular formula is C22H22ClN3O2S. The van der Waals surface area contributed by atoms with Crippen molar-refractivity contribution in [1.29, 1.82) is 0 Å². The lowest BCUT2D eigenvalue weighted by Gasteiger charge is -2.21. The molecule has 0 saturated heterocycles. The molecule has 2 aromatic carbocycles. The predicted molar refractivity (Wildman–Crippen MR) is 120 cm³/mol. The highest BCUT2D eigenvalue weighted by molar-refractivity contribution is 8.14. The van der Waals surface area contributed by atoms with Crippen LogP contribution in [0, 0.1) is 0 Å². The fraction of sp³-hybridized carbons (Fsp3) is 0.273. The topological polar surface area (TPSA) is 59.4 Å². The number of aromatic nitrogens is 2. The maximum Gasteiger partial charge on any atom is 0.271 e. The van der Waals surface area contributed by atoms with Crippen LogP contribution in [-0.4, -0.2) is 14.8 Å². The highest BCUT2D eigenvalue weighted by Gasteiger charge is 2.30. The standard InChI is InChI=1S/C22H22ClN3O2S/c1-13(2)26-21-19(22(27)25-26)20(29-14(3)24-21)15-8-10-17(11-9-15)28-12-16-6-4-5-7-18(16)23/h4-11,13,20H,12H2,1-3H3,(H,25,27)/t20-/m0/s1. The van der Waals surface area contributed by atoms with Crippen LogP contribution in [0.15, 0.2) is 58.3 Å². The van der Waals surface area contributed by atoms with Gasteiger partial charge in [0.05, 0.1) is 15.9 Å². The molecule has 0 amide bonds. The minimum absolute atomic E-state index is 0.0819. The van der Waals surface area contributed by atoms with Gasteiger partial charge in [0.2, 0.25) is 0 Å². The van der Waals surface area contributed by atoms with Crippen LogP contribution in [0.2, 0.25) is 5.02 Å². The van der Waals surface area contributed by atoms with E-state index >= 15 is 0 Å². The van der Waals surface area contributed by atoms with Crippen molar-refractivity contribution in [2.45, 2.75) is 38.7 Å². The van der Waals surface area contributed by atoms with Gasteiger partial charge in [-0.1, -0.05) is 53.7 Å². The maximum atomic E-state index is 12.6. The summed E-state index contributed by atoms with van der Waals surface area (Å²) < 4.78 is 7.72. The second kappa shape index (κ2) is 8.13. The molecule has 150 valence electrons. The molecule has 5 nitrogen and oxygen atoms in total. The molecule has 0 radical (unpaired) electrons. The Balaban J connectivity index is 1.58. The first kappa shape index (κ1) is 19.9. The van der Waals surface area contributed by atoms with Crippen molar-refractivity contribution in [3.05, 3.63) is 80.6 Å². The zero-order valence-corrected chi connectivity index (χ0v) is 18.1. The van der Waals surface area contributed by atoms with E-state index < -0.39 is 0 Å². The molecule has 3 aromatic rings. The number of nitrogens with zero attached hydrogens (tertiary/aromatic N) is 2. The minimum atomic E-state index is -0.0936. The maximum absolute atomic E-state index is 12.6. The quantitative estimate of drug-likeness (QED) is 0.553. The summed E-state index contributed by atoms with van der Waals surface area (Å²) in [4.78, 5) is 17.3. The smallest absolute Gasteiger partial charge is 0.271 e. The molecule has 0 fully saturated rings. The van der Waals surface area contributed by atoms with Crippen molar-refractivity contribution in [3.8, 4) is 5.75 Å². The monoisotopic (exact) mass is 427 g/mol. The SMILES string of the molecule is CC1=Nc2c(c(=O)[nH]n2C(C)C)[C@H](c2ccc(OCc3ccccc3Cl)cc2)S1. The lowest BCUT2D eigenvalue weighted by Crippen LogP contribution is -2.13. The summed E-state index contributed by atoms with van der Waals surface area (Å²) >= 11 is 7.79. The van der Waals surface area contributed by atoms with E-state index in [0.29, 0.717) is 17.2 Å². The number of hydrogen-bond acceptors (Lipinski definition) is 4. The zero-order chi connectivity index (χ0) is 20.5. The molecule has 0 unspecified atom stereocenters. The van der Waals surface area contributed by atoms with Crippen molar-refractivity contribution in [2.75, 3.05) is 0 Å². The van der Waals surface area contributed by atoms with Crippen LogP contribution < -0.4 is 10.3 Å². The third-order valence-electron chi connectivity index (χ3n) is 4.80. The molecule has 1 N–H and O–H groups in total. The van der Waals surface area contributed by atoms with E-state index in [9.17, 15) is 4.79 Å². The van der Waals surface area contributed by atoms with Crippen LogP contribution in [0.4, 0.5) is 5.82 Å². The molecule has 0 spiro atoms. The number of fused-ring (bicyclic) bond motifs is 1. The van der Waals surface area contributed by atoms with Gasteiger partial charge in [-0.3, -0.25) is 14.6 Å². The molecule has 1 atom stereocenters. The molecule has 1 aromatic heterocycles. The highest BCUT2D eigenvalue weighted by atomic mass is 35.5. The Labute approximate surface area is 178 Å². The van der Waals surface area contributed by atoms with Crippen molar-refractivity contribution in [2.24, 2.45) is 4.99 Å². The average Bonchev–Trinajstić information content (AvgIpc) is 3.04. The molecule has 1 aliphatic rings. The molecule has 0 aliphatic carbocycles. The van der Waals surface area contributed by atoms with Gasteiger partial charge in [0, 0.05) is 16.6 Å². The fourth-order valence-electron chi connectivity index (χ4n) is 3.33. The molecule has 2 heterocycles. The number of ether oxygens (including phenoxy) is 1. The van der Waals surface area contributed by atoms with Crippen molar-refractivity contribution in [3.63, 3.8) is 0 Å². The number of hydrogen-bond donors (Lipinski definition) is 1. The minimum Gasteiger partial charge on any atom is -0.489 e. The molecule has 0 bridgehead atoms. The Morgan fingerprint density at radius 3 is 2.62 bits per heavy atom. The number of rotatable bonds is 5. The summed E-state index contributed by atoms with van der Waals surface area (Å²) in [5.74, 6) is 1.49. The van der Waals surface area contributed by atoms with Crippen LogP contribution in [-0.2, 0) is 6.61 Å². The second-order valence-corrected chi connectivity index (χ2v) is 8.92. The highest BCUT2D eigenvalue weighted by Crippen LogP contribution is 2.44. The van der Waals surface area contributed by atoms with E-state index in [1.54, 1.807) is 11.8 Å². The summed E-state index contributed by atoms with van der Waals surface area (Å²) in [6, 6.07) is 15.7. The van der Waals surface area contributed by atoms with E-state index in [4.69, 9.17) is 16.3 Å². The third kappa shape index (κ3) is 4.00. The molecule has 0 saturated carbocycles. The van der Waals surface area contributed by atoms with Crippen LogP contribution in [0.5, 0.6) is 5.75 Å². The Morgan fingerprint density at radius 1 is 1.21 bits per heavy atom. The molecule has 7 heteroatoms. The number of benzene rings is 2. The van der Waals surface area contributed by atoms with Crippen molar-refractivity contribution < 1.29 is 4.74 Å². The zero-order valence-electron chi connectivity index (χ0n) is 16.5. The van der Waals surface area contributed by atoms with E-state index in [-0.39, 0.29) is 16.9 Å². The Bertz CT molecular complexity index is 1120. The summed E-state index contributed by atoms with van der Waals surface area (Å²) in [5.41, 5.74) is 2.61. The van der Waals surface area contributed by atoms with Gasteiger partial charge in [-0.05, 0) is 44.5 Å². The Kier molecular flexibility index (Phi) is 5.56. The number of thioether (sulfide) groups is 1.